The fourth-order valence-corrected chi connectivity index (χ4v) is 4.34. The van der Waals surface area contributed by atoms with Crippen LogP contribution in [0, 0.1) is 0 Å². The van der Waals surface area contributed by atoms with Gasteiger partial charge in [0, 0.05) is 11.1 Å². The van der Waals surface area contributed by atoms with Crippen molar-refractivity contribution in [3.05, 3.63) is 64.7 Å². The Hall–Kier alpha value is -1.76. The van der Waals surface area contributed by atoms with Crippen LogP contribution in [0.1, 0.15) is 55.9 Å². The molecule has 0 amide bonds. The second kappa shape index (κ2) is 3.91. The van der Waals surface area contributed by atoms with Gasteiger partial charge in [0.15, 0.2) is 0 Å². The second-order valence-electron chi connectivity index (χ2n) is 7.38. The first kappa shape index (κ1) is 12.9. The summed E-state index contributed by atoms with van der Waals surface area (Å²) in [6.45, 7) is 9.34. The van der Waals surface area contributed by atoms with Gasteiger partial charge in [0.05, 0.1) is 5.54 Å². The topological polar surface area (TPSA) is 12.0 Å². The molecule has 108 valence electrons. The lowest BCUT2D eigenvalue weighted by molar-refractivity contribution is 0.341. The van der Waals surface area contributed by atoms with Crippen LogP contribution in [-0.4, -0.2) is 0 Å². The van der Waals surface area contributed by atoms with Crippen LogP contribution in [-0.2, 0) is 17.4 Å². The van der Waals surface area contributed by atoms with Crippen LogP contribution in [0.3, 0.4) is 0 Å². The first-order chi connectivity index (χ1) is 9.96. The van der Waals surface area contributed by atoms with Crippen molar-refractivity contribution in [1.29, 1.82) is 0 Å². The summed E-state index contributed by atoms with van der Waals surface area (Å²) in [6.07, 6.45) is 1.13. The van der Waals surface area contributed by atoms with Crippen molar-refractivity contribution in [3.8, 4) is 0 Å². The Morgan fingerprint density at radius 1 is 1.00 bits per heavy atom. The van der Waals surface area contributed by atoms with Gasteiger partial charge in [0.2, 0.25) is 0 Å². The Morgan fingerprint density at radius 2 is 1.76 bits per heavy atom. The highest BCUT2D eigenvalue weighted by Gasteiger charge is 2.57. The lowest BCUT2D eigenvalue weighted by Crippen LogP contribution is -2.42. The number of hydrogen-bond donors (Lipinski definition) is 1. The summed E-state index contributed by atoms with van der Waals surface area (Å²) in [7, 11) is 0. The third kappa shape index (κ3) is 1.47. The van der Waals surface area contributed by atoms with E-state index in [0.717, 1.165) is 6.42 Å². The van der Waals surface area contributed by atoms with Crippen molar-refractivity contribution in [2.24, 2.45) is 0 Å². The maximum absolute atomic E-state index is 3.84. The Labute approximate surface area is 127 Å². The quantitative estimate of drug-likeness (QED) is 0.776. The van der Waals surface area contributed by atoms with Gasteiger partial charge in [-0.3, -0.25) is 0 Å². The van der Waals surface area contributed by atoms with Gasteiger partial charge in [-0.15, -0.1) is 0 Å². The van der Waals surface area contributed by atoms with Crippen molar-refractivity contribution in [3.63, 3.8) is 0 Å². The van der Waals surface area contributed by atoms with Crippen molar-refractivity contribution in [2.45, 2.75) is 51.0 Å². The summed E-state index contributed by atoms with van der Waals surface area (Å²) in [6, 6.07) is 15.9. The molecule has 0 saturated carbocycles. The summed E-state index contributed by atoms with van der Waals surface area (Å²) in [4.78, 5) is 0. The minimum absolute atomic E-state index is 0.0154. The molecule has 2 aliphatic rings. The number of anilines is 1. The number of fused-ring (bicyclic) bond motifs is 5. The molecule has 4 rings (SSSR count). The Balaban J connectivity index is 1.92. The lowest BCUT2D eigenvalue weighted by Gasteiger charge is -2.36. The number of nitrogens with one attached hydrogen (secondary N) is 1. The molecule has 0 bridgehead atoms. The monoisotopic (exact) mass is 277 g/mol. The van der Waals surface area contributed by atoms with Gasteiger partial charge in [-0.1, -0.05) is 57.2 Å². The molecule has 1 heteroatoms. The first-order valence-corrected chi connectivity index (χ1v) is 7.97. The van der Waals surface area contributed by atoms with Crippen LogP contribution >= 0.6 is 0 Å². The minimum Gasteiger partial charge on any atom is -0.375 e. The van der Waals surface area contributed by atoms with E-state index in [1.54, 1.807) is 0 Å². The van der Waals surface area contributed by atoms with E-state index in [9.17, 15) is 0 Å². The average molecular weight is 277 g/mol. The molecule has 1 nitrogen and oxygen atoms in total. The second-order valence-corrected chi connectivity index (χ2v) is 7.38. The average Bonchev–Trinajstić information content (AvgIpc) is 2.81. The van der Waals surface area contributed by atoms with Gasteiger partial charge >= 0.3 is 0 Å². The molecule has 0 saturated heterocycles. The largest absolute Gasteiger partial charge is 0.375 e. The molecule has 1 N–H and O–H groups in total. The molecule has 2 aromatic carbocycles. The molecule has 0 unspecified atom stereocenters. The highest BCUT2D eigenvalue weighted by atomic mass is 15.1. The fourth-order valence-electron chi connectivity index (χ4n) is 4.34. The summed E-state index contributed by atoms with van der Waals surface area (Å²) in [5.41, 5.74) is 7.38. The third-order valence-corrected chi connectivity index (χ3v) is 5.89. The zero-order valence-electron chi connectivity index (χ0n) is 13.3. The van der Waals surface area contributed by atoms with Crippen LogP contribution in [0.4, 0.5) is 5.69 Å². The van der Waals surface area contributed by atoms with E-state index in [-0.39, 0.29) is 11.0 Å². The van der Waals surface area contributed by atoms with Crippen LogP contribution in [0.25, 0.3) is 0 Å². The number of hydrogen-bond acceptors (Lipinski definition) is 1. The summed E-state index contributed by atoms with van der Waals surface area (Å²) in [5, 5.41) is 3.84. The van der Waals surface area contributed by atoms with Crippen molar-refractivity contribution >= 4 is 5.69 Å². The zero-order chi connectivity index (χ0) is 14.8. The molecule has 2 aromatic rings. The van der Waals surface area contributed by atoms with Crippen LogP contribution in [0.15, 0.2) is 42.5 Å². The standard InChI is InChI=1S/C20H23N/c1-13(2)14-9-10-18-17(11-14)19(3)12-15-7-5-6-8-16(15)20(19,4)21-18/h5-11,13,21H,12H2,1-4H3/t19-,20-/m1/s1. The Morgan fingerprint density at radius 3 is 2.52 bits per heavy atom. The van der Waals surface area contributed by atoms with E-state index in [1.165, 1.54) is 27.9 Å². The zero-order valence-corrected chi connectivity index (χ0v) is 13.3. The normalized spacial score (nSPS) is 29.0. The third-order valence-electron chi connectivity index (χ3n) is 5.89. The Kier molecular flexibility index (Phi) is 2.41. The summed E-state index contributed by atoms with van der Waals surface area (Å²) in [5.74, 6) is 0.578. The molecule has 2 atom stereocenters. The van der Waals surface area contributed by atoms with Gasteiger partial charge < -0.3 is 5.32 Å². The van der Waals surface area contributed by atoms with E-state index >= 15 is 0 Å². The smallest absolute Gasteiger partial charge is 0.0697 e. The van der Waals surface area contributed by atoms with Gasteiger partial charge in [-0.05, 0) is 47.6 Å². The van der Waals surface area contributed by atoms with E-state index in [2.05, 4.69) is 75.5 Å². The number of benzene rings is 2. The molecular formula is C20H23N. The van der Waals surface area contributed by atoms with Crippen LogP contribution in [0.5, 0.6) is 0 Å². The highest BCUT2D eigenvalue weighted by Crippen LogP contribution is 2.59. The van der Waals surface area contributed by atoms with Crippen LogP contribution < -0.4 is 5.32 Å². The molecule has 1 heterocycles. The van der Waals surface area contributed by atoms with E-state index in [1.807, 2.05) is 0 Å². The summed E-state index contributed by atoms with van der Waals surface area (Å²) < 4.78 is 0. The SMILES string of the molecule is CC(C)c1ccc2c(c1)[C@@]1(C)Cc3ccccc3[C@@]1(C)N2. The predicted molar refractivity (Wildman–Crippen MR) is 89.0 cm³/mol. The van der Waals surface area contributed by atoms with E-state index < -0.39 is 0 Å². The van der Waals surface area contributed by atoms with Gasteiger partial charge in [-0.25, -0.2) is 0 Å². The van der Waals surface area contributed by atoms with E-state index in [4.69, 9.17) is 0 Å². The van der Waals surface area contributed by atoms with Crippen molar-refractivity contribution < 1.29 is 0 Å². The lowest BCUT2D eigenvalue weighted by atomic mass is 9.70. The molecule has 21 heavy (non-hydrogen) atoms. The fraction of sp³-hybridized carbons (Fsp3) is 0.400. The van der Waals surface area contributed by atoms with Gasteiger partial charge in [-0.2, -0.15) is 0 Å². The molecule has 0 spiro atoms. The van der Waals surface area contributed by atoms with E-state index in [0.29, 0.717) is 5.92 Å². The molecule has 1 aliphatic heterocycles. The summed E-state index contributed by atoms with van der Waals surface area (Å²) >= 11 is 0. The van der Waals surface area contributed by atoms with Gasteiger partial charge in [0.25, 0.3) is 0 Å². The van der Waals surface area contributed by atoms with Crippen molar-refractivity contribution in [1.82, 2.24) is 0 Å². The molecule has 1 aliphatic carbocycles. The molecular weight excluding hydrogens is 254 g/mol. The Bertz CT molecular complexity index is 730. The highest BCUT2D eigenvalue weighted by molar-refractivity contribution is 5.70. The maximum Gasteiger partial charge on any atom is 0.0697 e. The minimum atomic E-state index is 0.0154. The molecule has 0 radical (unpaired) electrons. The molecule has 0 aromatic heterocycles. The molecule has 0 fully saturated rings. The van der Waals surface area contributed by atoms with Gasteiger partial charge in [0.1, 0.15) is 0 Å². The first-order valence-electron chi connectivity index (χ1n) is 7.97. The number of rotatable bonds is 1. The predicted octanol–water partition coefficient (Wildman–Crippen LogP) is 4.96. The van der Waals surface area contributed by atoms with Crippen LogP contribution in [0.2, 0.25) is 0 Å². The van der Waals surface area contributed by atoms with Crippen molar-refractivity contribution in [2.75, 3.05) is 5.32 Å². The maximum atomic E-state index is 3.84.